The summed E-state index contributed by atoms with van der Waals surface area (Å²) in [4.78, 5) is 11.2. The normalized spacial score (nSPS) is 12.8. The summed E-state index contributed by atoms with van der Waals surface area (Å²) in [5, 5.41) is 4.31. The molecule has 4 N–H and O–H groups in total. The van der Waals surface area contributed by atoms with Gasteiger partial charge >= 0.3 is 0 Å². The van der Waals surface area contributed by atoms with Crippen LogP contribution in [0.4, 0.5) is 0 Å². The van der Waals surface area contributed by atoms with E-state index in [-0.39, 0.29) is 11.9 Å². The number of hydrogen-bond acceptors (Lipinski definition) is 3. The summed E-state index contributed by atoms with van der Waals surface area (Å²) in [6, 6.07) is -0.371. The van der Waals surface area contributed by atoms with Gasteiger partial charge in [0.05, 0.1) is 5.69 Å². The van der Waals surface area contributed by atoms with E-state index in [9.17, 15) is 4.79 Å². The highest BCUT2D eigenvalue weighted by Gasteiger charge is 2.20. The maximum atomic E-state index is 11.2. The zero-order valence-corrected chi connectivity index (χ0v) is 9.45. The van der Waals surface area contributed by atoms with Gasteiger partial charge in [0.15, 0.2) is 0 Å². The van der Waals surface area contributed by atoms with Crippen LogP contribution in [0.15, 0.2) is 0 Å². The monoisotopic (exact) mass is 210 g/mol. The van der Waals surface area contributed by atoms with Gasteiger partial charge in [0.1, 0.15) is 6.04 Å². The van der Waals surface area contributed by atoms with Crippen LogP contribution in [0.3, 0.4) is 0 Å². The molecule has 0 aliphatic heterocycles. The summed E-state index contributed by atoms with van der Waals surface area (Å²) in [5.41, 5.74) is 13.7. The van der Waals surface area contributed by atoms with E-state index in [1.54, 1.807) is 4.68 Å². The number of rotatable bonds is 4. The molecule has 0 bridgehead atoms. The van der Waals surface area contributed by atoms with Gasteiger partial charge in [-0.25, -0.2) is 0 Å². The van der Waals surface area contributed by atoms with E-state index in [2.05, 4.69) is 5.10 Å². The van der Waals surface area contributed by atoms with Gasteiger partial charge < -0.3 is 11.5 Å². The third-order valence-corrected chi connectivity index (χ3v) is 2.69. The molecule has 1 unspecified atom stereocenters. The second-order valence-corrected chi connectivity index (χ2v) is 3.62. The number of aryl methyl sites for hydroxylation is 1. The lowest BCUT2D eigenvalue weighted by molar-refractivity contribution is -0.121. The van der Waals surface area contributed by atoms with Crippen LogP contribution in [0.1, 0.15) is 36.3 Å². The van der Waals surface area contributed by atoms with Gasteiger partial charge in [0.25, 0.3) is 0 Å². The molecule has 0 aliphatic rings. The Hall–Kier alpha value is -1.36. The summed E-state index contributed by atoms with van der Waals surface area (Å²) < 4.78 is 1.68. The molecule has 15 heavy (non-hydrogen) atoms. The maximum Gasteiger partial charge on any atom is 0.242 e. The van der Waals surface area contributed by atoms with Gasteiger partial charge in [-0.05, 0) is 20.3 Å². The van der Waals surface area contributed by atoms with Crippen molar-refractivity contribution >= 4 is 5.91 Å². The molecule has 0 aliphatic carbocycles. The standard InChI is InChI=1S/C10H18N4O/c1-4-9(10(12)15)14-7(3)8(5-11)6(2)13-14/h9H,4-5,11H2,1-3H3,(H2,12,15). The first kappa shape index (κ1) is 11.7. The van der Waals surface area contributed by atoms with Gasteiger partial charge in [0, 0.05) is 17.8 Å². The lowest BCUT2D eigenvalue weighted by Crippen LogP contribution is -2.27. The van der Waals surface area contributed by atoms with Crippen molar-refractivity contribution in [3.8, 4) is 0 Å². The minimum Gasteiger partial charge on any atom is -0.368 e. The molecule has 1 heterocycles. The lowest BCUT2D eigenvalue weighted by Gasteiger charge is -2.13. The molecule has 0 saturated carbocycles. The summed E-state index contributed by atoms with van der Waals surface area (Å²) in [7, 11) is 0. The fourth-order valence-electron chi connectivity index (χ4n) is 1.79. The van der Waals surface area contributed by atoms with Crippen molar-refractivity contribution in [2.75, 3.05) is 0 Å². The molecule has 0 radical (unpaired) electrons. The van der Waals surface area contributed by atoms with E-state index in [1.165, 1.54) is 0 Å². The van der Waals surface area contributed by atoms with Crippen LogP contribution in [0.25, 0.3) is 0 Å². The van der Waals surface area contributed by atoms with Gasteiger partial charge in [-0.2, -0.15) is 5.10 Å². The molecule has 0 spiro atoms. The molecule has 5 nitrogen and oxygen atoms in total. The molecule has 0 aromatic carbocycles. The van der Waals surface area contributed by atoms with E-state index in [0.717, 1.165) is 17.0 Å². The molecule has 5 heteroatoms. The number of primary amides is 1. The minimum absolute atomic E-state index is 0.355. The van der Waals surface area contributed by atoms with E-state index < -0.39 is 0 Å². The molecule has 0 fully saturated rings. The molecule has 84 valence electrons. The zero-order chi connectivity index (χ0) is 11.6. The number of carbonyl (C=O) groups is 1. The Morgan fingerprint density at radius 3 is 2.47 bits per heavy atom. The molecule has 1 aromatic rings. The Labute approximate surface area is 89.4 Å². The van der Waals surface area contributed by atoms with Crippen molar-refractivity contribution < 1.29 is 4.79 Å². The first-order chi connectivity index (χ1) is 7.02. The smallest absolute Gasteiger partial charge is 0.242 e. The predicted molar refractivity (Wildman–Crippen MR) is 58.1 cm³/mol. The van der Waals surface area contributed by atoms with Crippen LogP contribution in [-0.4, -0.2) is 15.7 Å². The lowest BCUT2D eigenvalue weighted by atomic mass is 10.2. The SMILES string of the molecule is CCC(C(N)=O)n1nc(C)c(CN)c1C. The van der Waals surface area contributed by atoms with Crippen molar-refractivity contribution in [2.24, 2.45) is 11.5 Å². The van der Waals surface area contributed by atoms with E-state index in [1.807, 2.05) is 20.8 Å². The number of amides is 1. The average molecular weight is 210 g/mol. The number of nitrogens with two attached hydrogens (primary N) is 2. The van der Waals surface area contributed by atoms with Crippen LogP contribution in [-0.2, 0) is 11.3 Å². The van der Waals surface area contributed by atoms with Gasteiger partial charge in [-0.1, -0.05) is 6.92 Å². The van der Waals surface area contributed by atoms with Gasteiger partial charge in [-0.3, -0.25) is 9.48 Å². The second kappa shape index (κ2) is 4.44. The highest BCUT2D eigenvalue weighted by Crippen LogP contribution is 2.18. The van der Waals surface area contributed by atoms with Crippen LogP contribution >= 0.6 is 0 Å². The second-order valence-electron chi connectivity index (χ2n) is 3.62. The summed E-state index contributed by atoms with van der Waals surface area (Å²) >= 11 is 0. The summed E-state index contributed by atoms with van der Waals surface area (Å²) in [5.74, 6) is -0.355. The van der Waals surface area contributed by atoms with Crippen LogP contribution in [0.2, 0.25) is 0 Å². The summed E-state index contributed by atoms with van der Waals surface area (Å²) in [6.07, 6.45) is 0.640. The molecular formula is C10H18N4O. The van der Waals surface area contributed by atoms with Gasteiger partial charge in [0.2, 0.25) is 5.91 Å². The van der Waals surface area contributed by atoms with Crippen molar-refractivity contribution in [3.63, 3.8) is 0 Å². The topological polar surface area (TPSA) is 86.9 Å². The third kappa shape index (κ3) is 2.02. The zero-order valence-electron chi connectivity index (χ0n) is 9.45. The quantitative estimate of drug-likeness (QED) is 0.753. The Morgan fingerprint density at radius 1 is 1.53 bits per heavy atom. The first-order valence-corrected chi connectivity index (χ1v) is 5.06. The molecular weight excluding hydrogens is 192 g/mol. The maximum absolute atomic E-state index is 11.2. The fourth-order valence-corrected chi connectivity index (χ4v) is 1.79. The van der Waals surface area contributed by atoms with E-state index in [4.69, 9.17) is 11.5 Å². The minimum atomic E-state index is -0.371. The highest BCUT2D eigenvalue weighted by atomic mass is 16.1. The molecule has 1 amide bonds. The third-order valence-electron chi connectivity index (χ3n) is 2.69. The van der Waals surface area contributed by atoms with E-state index in [0.29, 0.717) is 13.0 Å². The Kier molecular flexibility index (Phi) is 3.47. The first-order valence-electron chi connectivity index (χ1n) is 5.06. The highest BCUT2D eigenvalue weighted by molar-refractivity contribution is 5.78. The predicted octanol–water partition coefficient (Wildman–Crippen LogP) is 0.395. The fraction of sp³-hybridized carbons (Fsp3) is 0.600. The van der Waals surface area contributed by atoms with Crippen molar-refractivity contribution in [3.05, 3.63) is 17.0 Å². The average Bonchev–Trinajstić information content (AvgIpc) is 2.43. The number of nitrogens with zero attached hydrogens (tertiary/aromatic N) is 2. The molecule has 0 saturated heterocycles. The van der Waals surface area contributed by atoms with Crippen molar-refractivity contribution in [1.29, 1.82) is 0 Å². The van der Waals surface area contributed by atoms with Crippen molar-refractivity contribution in [2.45, 2.75) is 39.8 Å². The largest absolute Gasteiger partial charge is 0.368 e. The van der Waals surface area contributed by atoms with Crippen LogP contribution in [0.5, 0.6) is 0 Å². The number of carbonyl (C=O) groups excluding carboxylic acids is 1. The van der Waals surface area contributed by atoms with Crippen LogP contribution in [0, 0.1) is 13.8 Å². The van der Waals surface area contributed by atoms with Gasteiger partial charge in [-0.15, -0.1) is 0 Å². The number of aromatic nitrogens is 2. The Balaban J connectivity index is 3.19. The van der Waals surface area contributed by atoms with E-state index >= 15 is 0 Å². The Bertz CT molecular complexity index is 370. The Morgan fingerprint density at radius 2 is 2.13 bits per heavy atom. The van der Waals surface area contributed by atoms with Crippen molar-refractivity contribution in [1.82, 2.24) is 9.78 Å². The summed E-state index contributed by atoms with van der Waals surface area (Å²) in [6.45, 7) is 6.15. The molecule has 1 rings (SSSR count). The molecule has 1 aromatic heterocycles. The van der Waals surface area contributed by atoms with Crippen LogP contribution < -0.4 is 11.5 Å². The number of hydrogen-bond donors (Lipinski definition) is 2. The molecule has 1 atom stereocenters.